The van der Waals surface area contributed by atoms with E-state index in [9.17, 15) is 4.79 Å². The van der Waals surface area contributed by atoms with Gasteiger partial charge in [0.25, 0.3) is 5.56 Å². The van der Waals surface area contributed by atoms with E-state index in [2.05, 4.69) is 5.10 Å². The minimum Gasteiger partial charge on any atom is -0.382 e. The molecule has 4 heteroatoms. The zero-order chi connectivity index (χ0) is 10.7. The molecular formula is C11H11N3O. The Balaban J connectivity index is 2.32. The molecule has 0 unspecified atom stereocenters. The quantitative estimate of drug-likeness (QED) is 0.784. The van der Waals surface area contributed by atoms with Crippen molar-refractivity contribution < 1.29 is 0 Å². The second kappa shape index (κ2) is 3.96. The van der Waals surface area contributed by atoms with Gasteiger partial charge in [-0.1, -0.05) is 30.3 Å². The summed E-state index contributed by atoms with van der Waals surface area (Å²) in [5.41, 5.74) is 6.39. The van der Waals surface area contributed by atoms with Crippen LogP contribution in [0.5, 0.6) is 0 Å². The third-order valence-electron chi connectivity index (χ3n) is 2.06. The lowest BCUT2D eigenvalue weighted by molar-refractivity contribution is 0.644. The van der Waals surface area contributed by atoms with E-state index in [0.29, 0.717) is 12.4 Å². The number of nitrogens with zero attached hydrogens (tertiary/aromatic N) is 2. The van der Waals surface area contributed by atoms with Crippen molar-refractivity contribution in [2.24, 2.45) is 0 Å². The number of benzene rings is 1. The van der Waals surface area contributed by atoms with Crippen LogP contribution in [0.4, 0.5) is 5.82 Å². The molecule has 0 aliphatic carbocycles. The number of nitrogen functional groups attached to an aromatic ring is 1. The Kier molecular flexibility index (Phi) is 2.49. The maximum atomic E-state index is 11.4. The molecule has 1 aromatic heterocycles. The lowest BCUT2D eigenvalue weighted by Crippen LogP contribution is -2.23. The molecule has 2 N–H and O–H groups in total. The number of hydrogen-bond acceptors (Lipinski definition) is 3. The minimum absolute atomic E-state index is 0.145. The molecule has 0 aliphatic rings. The monoisotopic (exact) mass is 201 g/mol. The van der Waals surface area contributed by atoms with Gasteiger partial charge < -0.3 is 5.73 Å². The van der Waals surface area contributed by atoms with Gasteiger partial charge in [-0.3, -0.25) is 4.79 Å². The Bertz CT molecular complexity index is 505. The fraction of sp³-hybridized carbons (Fsp3) is 0.0909. The third kappa shape index (κ3) is 2.22. The average Bonchev–Trinajstić information content (AvgIpc) is 2.25. The normalized spacial score (nSPS) is 10.1. The smallest absolute Gasteiger partial charge is 0.267 e. The van der Waals surface area contributed by atoms with Crippen LogP contribution in [0, 0.1) is 0 Å². The van der Waals surface area contributed by atoms with Gasteiger partial charge in [-0.15, -0.1) is 0 Å². The second-order valence-electron chi connectivity index (χ2n) is 3.24. The molecular weight excluding hydrogens is 190 g/mol. The van der Waals surface area contributed by atoms with E-state index in [0.717, 1.165) is 5.56 Å². The van der Waals surface area contributed by atoms with E-state index in [-0.39, 0.29) is 5.56 Å². The predicted octanol–water partition coefficient (Wildman–Crippen LogP) is 0.874. The molecule has 0 saturated carbocycles. The molecule has 2 aromatic rings. The molecule has 2 rings (SSSR count). The molecule has 0 spiro atoms. The molecule has 15 heavy (non-hydrogen) atoms. The van der Waals surface area contributed by atoms with Crippen LogP contribution in [-0.2, 0) is 6.54 Å². The molecule has 76 valence electrons. The Morgan fingerprint density at radius 3 is 2.60 bits per heavy atom. The van der Waals surface area contributed by atoms with Gasteiger partial charge in [-0.2, -0.15) is 5.10 Å². The lowest BCUT2D eigenvalue weighted by Gasteiger charge is -2.04. The first-order valence-electron chi connectivity index (χ1n) is 4.63. The van der Waals surface area contributed by atoms with E-state index in [1.165, 1.54) is 16.8 Å². The molecule has 1 heterocycles. The van der Waals surface area contributed by atoms with Crippen LogP contribution in [0.25, 0.3) is 0 Å². The van der Waals surface area contributed by atoms with Crippen LogP contribution in [0.2, 0.25) is 0 Å². The SMILES string of the molecule is Nc1ccc(=O)n(Cc2ccccc2)n1. The zero-order valence-corrected chi connectivity index (χ0v) is 8.13. The standard InChI is InChI=1S/C11H11N3O/c12-10-6-7-11(15)14(13-10)8-9-4-2-1-3-5-9/h1-7H,8H2,(H2,12,13). The topological polar surface area (TPSA) is 60.9 Å². The number of rotatable bonds is 2. The van der Waals surface area contributed by atoms with E-state index in [1.54, 1.807) is 0 Å². The summed E-state index contributed by atoms with van der Waals surface area (Å²) >= 11 is 0. The maximum Gasteiger partial charge on any atom is 0.267 e. The summed E-state index contributed by atoms with van der Waals surface area (Å²) in [7, 11) is 0. The van der Waals surface area contributed by atoms with Crippen LogP contribution >= 0.6 is 0 Å². The molecule has 0 saturated heterocycles. The van der Waals surface area contributed by atoms with Crippen molar-refractivity contribution in [3.63, 3.8) is 0 Å². The first kappa shape index (κ1) is 9.45. The summed E-state index contributed by atoms with van der Waals surface area (Å²) in [6.45, 7) is 0.449. The molecule has 0 fully saturated rings. The van der Waals surface area contributed by atoms with Gasteiger partial charge in [-0.05, 0) is 11.6 Å². The van der Waals surface area contributed by atoms with Crippen molar-refractivity contribution in [3.8, 4) is 0 Å². The fourth-order valence-corrected chi connectivity index (χ4v) is 1.33. The minimum atomic E-state index is -0.145. The fourth-order valence-electron chi connectivity index (χ4n) is 1.33. The first-order chi connectivity index (χ1) is 7.25. The summed E-state index contributed by atoms with van der Waals surface area (Å²) in [5.74, 6) is 0.352. The number of hydrogen-bond donors (Lipinski definition) is 1. The van der Waals surface area contributed by atoms with E-state index >= 15 is 0 Å². The predicted molar refractivity (Wildman–Crippen MR) is 58.5 cm³/mol. The average molecular weight is 201 g/mol. The maximum absolute atomic E-state index is 11.4. The largest absolute Gasteiger partial charge is 0.382 e. The van der Waals surface area contributed by atoms with Gasteiger partial charge in [0.2, 0.25) is 0 Å². The lowest BCUT2D eigenvalue weighted by atomic mass is 10.2. The Morgan fingerprint density at radius 2 is 1.87 bits per heavy atom. The highest BCUT2D eigenvalue weighted by Crippen LogP contribution is 2.00. The zero-order valence-electron chi connectivity index (χ0n) is 8.13. The van der Waals surface area contributed by atoms with E-state index < -0.39 is 0 Å². The summed E-state index contributed by atoms with van der Waals surface area (Å²) in [5, 5.41) is 3.95. The third-order valence-corrected chi connectivity index (χ3v) is 2.06. The van der Waals surface area contributed by atoms with E-state index in [4.69, 9.17) is 5.73 Å². The highest BCUT2D eigenvalue weighted by molar-refractivity contribution is 5.24. The van der Waals surface area contributed by atoms with Gasteiger partial charge in [0.1, 0.15) is 5.82 Å². The molecule has 0 amide bonds. The summed E-state index contributed by atoms with van der Waals surface area (Å²) < 4.78 is 1.35. The second-order valence-corrected chi connectivity index (χ2v) is 3.24. The Hall–Kier alpha value is -2.10. The Labute approximate surface area is 87.0 Å². The first-order valence-corrected chi connectivity index (χ1v) is 4.63. The summed E-state index contributed by atoms with van der Waals surface area (Å²) in [4.78, 5) is 11.4. The highest BCUT2D eigenvalue weighted by Gasteiger charge is 1.98. The molecule has 0 radical (unpaired) electrons. The molecule has 0 aliphatic heterocycles. The van der Waals surface area contributed by atoms with Gasteiger partial charge in [-0.25, -0.2) is 4.68 Å². The Morgan fingerprint density at radius 1 is 1.13 bits per heavy atom. The van der Waals surface area contributed by atoms with Crippen LogP contribution in [-0.4, -0.2) is 9.78 Å². The van der Waals surface area contributed by atoms with Gasteiger partial charge in [0, 0.05) is 6.07 Å². The summed E-state index contributed by atoms with van der Waals surface area (Å²) in [6.07, 6.45) is 0. The van der Waals surface area contributed by atoms with Crippen LogP contribution in [0.15, 0.2) is 47.3 Å². The van der Waals surface area contributed by atoms with Crippen molar-refractivity contribution >= 4 is 5.82 Å². The summed E-state index contributed by atoms with van der Waals surface area (Å²) in [6, 6.07) is 12.6. The van der Waals surface area contributed by atoms with Crippen molar-refractivity contribution in [2.45, 2.75) is 6.54 Å². The van der Waals surface area contributed by atoms with Crippen molar-refractivity contribution in [3.05, 3.63) is 58.4 Å². The van der Waals surface area contributed by atoms with Crippen LogP contribution in [0.3, 0.4) is 0 Å². The van der Waals surface area contributed by atoms with Crippen molar-refractivity contribution in [1.29, 1.82) is 0 Å². The van der Waals surface area contributed by atoms with Crippen LogP contribution in [0.1, 0.15) is 5.56 Å². The number of nitrogens with two attached hydrogens (primary N) is 1. The highest BCUT2D eigenvalue weighted by atomic mass is 16.1. The number of aromatic nitrogens is 2. The molecule has 4 nitrogen and oxygen atoms in total. The molecule has 1 aromatic carbocycles. The molecule has 0 bridgehead atoms. The number of anilines is 1. The van der Waals surface area contributed by atoms with Gasteiger partial charge in [0.15, 0.2) is 0 Å². The van der Waals surface area contributed by atoms with Gasteiger partial charge in [0.05, 0.1) is 6.54 Å². The van der Waals surface area contributed by atoms with Gasteiger partial charge >= 0.3 is 0 Å². The van der Waals surface area contributed by atoms with Crippen molar-refractivity contribution in [1.82, 2.24) is 9.78 Å². The van der Waals surface area contributed by atoms with E-state index in [1.807, 2.05) is 30.3 Å². The van der Waals surface area contributed by atoms with Crippen molar-refractivity contribution in [2.75, 3.05) is 5.73 Å². The van der Waals surface area contributed by atoms with Crippen LogP contribution < -0.4 is 11.3 Å². The molecule has 0 atom stereocenters.